The van der Waals surface area contributed by atoms with E-state index in [1.165, 1.54) is 0 Å². The number of nitrogens with zero attached hydrogens (tertiary/aromatic N) is 4. The second-order valence-corrected chi connectivity index (χ2v) is 9.99. The number of methoxy groups -OCH3 is 2. The molecule has 39 heavy (non-hydrogen) atoms. The average Bonchev–Trinajstić information content (AvgIpc) is 3.35. The van der Waals surface area contributed by atoms with E-state index in [9.17, 15) is 9.59 Å². The van der Waals surface area contributed by atoms with Gasteiger partial charge in [-0.3, -0.25) is 9.59 Å². The Labute approximate surface area is 228 Å². The Hall–Kier alpha value is -4.40. The van der Waals surface area contributed by atoms with Gasteiger partial charge >= 0.3 is 0 Å². The smallest absolute Gasteiger partial charge is 0.247 e. The summed E-state index contributed by atoms with van der Waals surface area (Å²) < 4.78 is 12.5. The van der Waals surface area contributed by atoms with Crippen LogP contribution >= 0.6 is 0 Å². The van der Waals surface area contributed by atoms with Crippen molar-refractivity contribution < 1.29 is 19.1 Å². The van der Waals surface area contributed by atoms with Gasteiger partial charge in [0.1, 0.15) is 18.1 Å². The van der Waals surface area contributed by atoms with Gasteiger partial charge in [0.25, 0.3) is 0 Å². The van der Waals surface area contributed by atoms with E-state index in [0.29, 0.717) is 22.6 Å². The van der Waals surface area contributed by atoms with Crippen molar-refractivity contribution in [2.24, 2.45) is 0 Å². The molecule has 0 saturated heterocycles. The van der Waals surface area contributed by atoms with Gasteiger partial charge in [0.05, 0.1) is 19.7 Å². The van der Waals surface area contributed by atoms with Gasteiger partial charge in [0.2, 0.25) is 11.8 Å². The molecule has 0 aliphatic rings. The summed E-state index contributed by atoms with van der Waals surface area (Å²) in [5, 5.41) is 11.5. The molecule has 0 saturated carbocycles. The number of para-hydroxylation sites is 1. The van der Waals surface area contributed by atoms with E-state index < -0.39 is 11.6 Å². The number of carbonyl (C=O) groups excluding carboxylic acids is 2. The van der Waals surface area contributed by atoms with Gasteiger partial charge in [-0.15, -0.1) is 5.10 Å². The molecule has 2 amide bonds. The number of fused-ring (bicyclic) bond motifs is 1. The Morgan fingerprint density at radius 1 is 0.974 bits per heavy atom. The van der Waals surface area contributed by atoms with Crippen molar-refractivity contribution >= 4 is 22.8 Å². The summed E-state index contributed by atoms with van der Waals surface area (Å²) in [6.45, 7) is 6.06. The summed E-state index contributed by atoms with van der Waals surface area (Å²) in [5.41, 5.74) is 2.45. The Kier molecular flexibility index (Phi) is 8.49. The maximum atomic E-state index is 14.1. The fourth-order valence-corrected chi connectivity index (χ4v) is 4.34. The van der Waals surface area contributed by atoms with Crippen LogP contribution in [0, 0.1) is 0 Å². The van der Waals surface area contributed by atoms with Gasteiger partial charge in [-0.25, -0.2) is 4.68 Å². The molecule has 0 radical (unpaired) electrons. The first kappa shape index (κ1) is 27.6. The van der Waals surface area contributed by atoms with E-state index in [1.807, 2.05) is 75.4 Å². The summed E-state index contributed by atoms with van der Waals surface area (Å²) in [6.07, 6.45) is 0.717. The maximum Gasteiger partial charge on any atom is 0.247 e. The molecule has 0 aliphatic carbocycles. The summed E-state index contributed by atoms with van der Waals surface area (Å²) in [7, 11) is 3.10. The van der Waals surface area contributed by atoms with E-state index in [1.54, 1.807) is 42.0 Å². The van der Waals surface area contributed by atoms with Crippen LogP contribution in [0.25, 0.3) is 11.0 Å². The number of rotatable bonds is 11. The van der Waals surface area contributed by atoms with Gasteiger partial charge in [-0.1, -0.05) is 60.7 Å². The van der Waals surface area contributed by atoms with Crippen LogP contribution in [0.4, 0.5) is 0 Å². The first-order valence-electron chi connectivity index (χ1n) is 12.9. The van der Waals surface area contributed by atoms with Gasteiger partial charge in [0, 0.05) is 12.1 Å². The quantitative estimate of drug-likeness (QED) is 0.307. The second kappa shape index (κ2) is 12.0. The van der Waals surface area contributed by atoms with Gasteiger partial charge < -0.3 is 19.7 Å². The van der Waals surface area contributed by atoms with Crippen LogP contribution in [0.15, 0.2) is 72.8 Å². The van der Waals surface area contributed by atoms with Crippen molar-refractivity contribution in [3.05, 3.63) is 83.9 Å². The molecule has 9 nitrogen and oxygen atoms in total. The molecule has 0 unspecified atom stereocenters. The lowest BCUT2D eigenvalue weighted by molar-refractivity contribution is -0.143. The molecular weight excluding hydrogens is 494 g/mol. The Balaban J connectivity index is 1.81. The molecule has 4 rings (SSSR count). The molecule has 0 fully saturated rings. The van der Waals surface area contributed by atoms with Gasteiger partial charge in [-0.2, -0.15) is 0 Å². The minimum absolute atomic E-state index is 0.0818. The van der Waals surface area contributed by atoms with Crippen LogP contribution in [0.2, 0.25) is 0 Å². The number of hydrogen-bond donors (Lipinski definition) is 1. The predicted molar refractivity (Wildman–Crippen MR) is 149 cm³/mol. The zero-order chi connectivity index (χ0) is 28.0. The number of benzene rings is 3. The highest BCUT2D eigenvalue weighted by molar-refractivity contribution is 5.89. The Morgan fingerprint density at radius 2 is 1.67 bits per heavy atom. The molecule has 0 spiro atoms. The van der Waals surface area contributed by atoms with Crippen molar-refractivity contribution in [3.63, 3.8) is 0 Å². The number of aromatic nitrogens is 3. The third-order valence-electron chi connectivity index (χ3n) is 6.85. The fraction of sp³-hybridized carbons (Fsp3) is 0.333. The summed E-state index contributed by atoms with van der Waals surface area (Å²) >= 11 is 0. The summed E-state index contributed by atoms with van der Waals surface area (Å²) in [4.78, 5) is 29.7. The third-order valence-corrected chi connectivity index (χ3v) is 6.85. The largest absolute Gasteiger partial charge is 0.493 e. The summed E-state index contributed by atoms with van der Waals surface area (Å²) in [6, 6.07) is 21.4. The van der Waals surface area contributed by atoms with Crippen LogP contribution < -0.4 is 14.8 Å². The average molecular weight is 530 g/mol. The lowest BCUT2D eigenvalue weighted by atomic mass is 9.98. The number of amides is 2. The van der Waals surface area contributed by atoms with Crippen molar-refractivity contribution in [2.45, 2.75) is 51.9 Å². The molecule has 204 valence electrons. The first-order valence-corrected chi connectivity index (χ1v) is 12.9. The van der Waals surface area contributed by atoms with E-state index >= 15 is 0 Å². The lowest BCUT2D eigenvalue weighted by Gasteiger charge is -2.35. The molecule has 4 aromatic rings. The number of carbonyl (C=O) groups is 2. The van der Waals surface area contributed by atoms with Crippen LogP contribution in [0.3, 0.4) is 0 Å². The lowest BCUT2D eigenvalue weighted by Crippen LogP contribution is -2.50. The highest BCUT2D eigenvalue weighted by Crippen LogP contribution is 2.33. The van der Waals surface area contributed by atoms with Gasteiger partial charge in [-0.05, 0) is 55.7 Å². The normalized spacial score (nSPS) is 12.1. The highest BCUT2D eigenvalue weighted by atomic mass is 16.5. The summed E-state index contributed by atoms with van der Waals surface area (Å²) in [5.74, 6) is 0.432. The number of hydrogen-bond acceptors (Lipinski definition) is 6. The Morgan fingerprint density at radius 3 is 2.36 bits per heavy atom. The molecule has 0 aliphatic heterocycles. The van der Waals surface area contributed by atoms with Crippen molar-refractivity contribution in [1.82, 2.24) is 25.2 Å². The molecular formula is C30H35N5O4. The van der Waals surface area contributed by atoms with Crippen LogP contribution in [0.1, 0.15) is 44.4 Å². The number of ether oxygens (including phenoxy) is 2. The third kappa shape index (κ3) is 6.37. The topological polar surface area (TPSA) is 98.6 Å². The highest BCUT2D eigenvalue weighted by Gasteiger charge is 2.35. The van der Waals surface area contributed by atoms with E-state index in [-0.39, 0.29) is 24.9 Å². The molecule has 1 N–H and O–H groups in total. The minimum Gasteiger partial charge on any atom is -0.493 e. The molecule has 1 aromatic heterocycles. The molecule has 1 heterocycles. The van der Waals surface area contributed by atoms with Crippen molar-refractivity contribution in [2.75, 3.05) is 14.2 Å². The van der Waals surface area contributed by atoms with E-state index in [2.05, 4.69) is 15.6 Å². The van der Waals surface area contributed by atoms with Crippen molar-refractivity contribution in [3.8, 4) is 11.5 Å². The van der Waals surface area contributed by atoms with Gasteiger partial charge in [0.15, 0.2) is 11.5 Å². The molecule has 3 aromatic carbocycles. The van der Waals surface area contributed by atoms with Crippen molar-refractivity contribution in [1.29, 1.82) is 0 Å². The molecule has 1 atom stereocenters. The second-order valence-electron chi connectivity index (χ2n) is 9.99. The van der Waals surface area contributed by atoms with Crippen LogP contribution in [-0.4, -0.2) is 51.5 Å². The van der Waals surface area contributed by atoms with E-state index in [4.69, 9.17) is 9.47 Å². The molecule has 9 heteroatoms. The Bertz CT molecular complexity index is 1430. The first-order chi connectivity index (χ1) is 18.8. The fourth-order valence-electron chi connectivity index (χ4n) is 4.34. The SMILES string of the molecule is CCC(C)(C)NC(=O)[C@H](c1ccc(OC)c(OC)c1)N(Cc1ccccc1)C(=O)Cn1nnc2ccccc21. The monoisotopic (exact) mass is 529 g/mol. The number of nitrogens with one attached hydrogen (secondary N) is 1. The maximum absolute atomic E-state index is 14.1. The predicted octanol–water partition coefficient (Wildman–Crippen LogP) is 4.52. The molecule has 0 bridgehead atoms. The van der Waals surface area contributed by atoms with Crippen LogP contribution in [-0.2, 0) is 22.7 Å². The van der Waals surface area contributed by atoms with E-state index in [0.717, 1.165) is 17.5 Å². The van der Waals surface area contributed by atoms with Crippen LogP contribution in [0.5, 0.6) is 11.5 Å². The minimum atomic E-state index is -0.946. The zero-order valence-corrected chi connectivity index (χ0v) is 23.0. The standard InChI is InChI=1S/C30H35N5O4/c1-6-30(2,3)31-29(37)28(22-16-17-25(38-4)26(18-22)39-5)34(19-21-12-8-7-9-13-21)27(36)20-35-24-15-11-10-14-23(24)32-33-35/h7-18,28H,6,19-20H2,1-5H3,(H,31,37)/t28-/m0/s1. The zero-order valence-electron chi connectivity index (χ0n) is 23.0.